The second-order valence-electron chi connectivity index (χ2n) is 4.81. The van der Waals surface area contributed by atoms with E-state index >= 15 is 0 Å². The fourth-order valence-corrected chi connectivity index (χ4v) is 2.62. The molecule has 0 bridgehead atoms. The summed E-state index contributed by atoms with van der Waals surface area (Å²) >= 11 is 3.38. The van der Waals surface area contributed by atoms with Gasteiger partial charge in [-0.1, -0.05) is 15.9 Å². The predicted octanol–water partition coefficient (Wildman–Crippen LogP) is 2.32. The highest BCUT2D eigenvalue weighted by Crippen LogP contribution is 2.26. The molecule has 4 nitrogen and oxygen atoms in total. The third-order valence-electron chi connectivity index (χ3n) is 3.35. The lowest BCUT2D eigenvalue weighted by molar-refractivity contribution is -0.127. The molecule has 0 spiro atoms. The minimum Gasteiger partial charge on any atom is -0.362 e. The topological polar surface area (TPSA) is 40.6 Å². The number of halogens is 1. The Balaban J connectivity index is 2.35. The minimum absolute atomic E-state index is 0.0151. The summed E-state index contributed by atoms with van der Waals surface area (Å²) in [5.74, 6) is 0.108. The zero-order valence-electron chi connectivity index (χ0n) is 11.1. The molecular weight excluding hydrogens is 308 g/mol. The summed E-state index contributed by atoms with van der Waals surface area (Å²) in [7, 11) is 1.82. The van der Waals surface area contributed by atoms with Gasteiger partial charge in [-0.15, -0.1) is 0 Å². The summed E-state index contributed by atoms with van der Waals surface area (Å²) < 4.78 is 0.875. The van der Waals surface area contributed by atoms with E-state index in [4.69, 9.17) is 0 Å². The van der Waals surface area contributed by atoms with Gasteiger partial charge in [-0.3, -0.25) is 9.59 Å². The van der Waals surface area contributed by atoms with E-state index in [2.05, 4.69) is 15.9 Å². The SMILES string of the molecule is CC(=O)c1cc(Br)ccc1N1CCCN(C)C(=O)C1. The van der Waals surface area contributed by atoms with E-state index in [-0.39, 0.29) is 11.7 Å². The van der Waals surface area contributed by atoms with Crippen molar-refractivity contribution >= 4 is 33.3 Å². The quantitative estimate of drug-likeness (QED) is 0.784. The first-order chi connectivity index (χ1) is 8.99. The lowest BCUT2D eigenvalue weighted by Gasteiger charge is -2.24. The van der Waals surface area contributed by atoms with E-state index in [1.54, 1.807) is 11.8 Å². The van der Waals surface area contributed by atoms with Crippen molar-refractivity contribution in [2.45, 2.75) is 13.3 Å². The molecule has 0 unspecified atom stereocenters. The number of anilines is 1. The maximum absolute atomic E-state index is 11.9. The first-order valence-corrected chi connectivity index (χ1v) is 7.07. The number of Topliss-reactive ketones (excluding diaryl/α,β-unsaturated/α-hetero) is 1. The van der Waals surface area contributed by atoms with Gasteiger partial charge in [0.1, 0.15) is 0 Å². The van der Waals surface area contributed by atoms with Crippen molar-refractivity contribution in [1.29, 1.82) is 0 Å². The summed E-state index contributed by atoms with van der Waals surface area (Å²) in [6.07, 6.45) is 0.912. The smallest absolute Gasteiger partial charge is 0.241 e. The molecule has 19 heavy (non-hydrogen) atoms. The van der Waals surface area contributed by atoms with Crippen LogP contribution in [0.15, 0.2) is 22.7 Å². The summed E-state index contributed by atoms with van der Waals surface area (Å²) in [4.78, 5) is 27.4. The first kappa shape index (κ1) is 14.1. The van der Waals surface area contributed by atoms with Crippen LogP contribution < -0.4 is 4.90 Å². The zero-order chi connectivity index (χ0) is 14.0. The highest BCUT2D eigenvalue weighted by Gasteiger charge is 2.22. The normalized spacial score (nSPS) is 16.5. The third-order valence-corrected chi connectivity index (χ3v) is 3.85. The second-order valence-corrected chi connectivity index (χ2v) is 5.72. The maximum Gasteiger partial charge on any atom is 0.241 e. The Hall–Kier alpha value is -1.36. The van der Waals surface area contributed by atoms with Crippen LogP contribution in [-0.2, 0) is 4.79 Å². The van der Waals surface area contributed by atoms with Gasteiger partial charge in [-0.25, -0.2) is 0 Å². The number of likely N-dealkylation sites (N-methyl/N-ethyl adjacent to an activating group) is 1. The number of carbonyl (C=O) groups excluding carboxylic acids is 2. The Kier molecular flexibility index (Phi) is 4.24. The second kappa shape index (κ2) is 5.74. The molecule has 0 saturated carbocycles. The molecule has 0 radical (unpaired) electrons. The monoisotopic (exact) mass is 324 g/mol. The van der Waals surface area contributed by atoms with Crippen molar-refractivity contribution in [2.24, 2.45) is 0 Å². The molecule has 102 valence electrons. The fraction of sp³-hybridized carbons (Fsp3) is 0.429. The number of rotatable bonds is 2. The molecule has 0 atom stereocenters. The largest absolute Gasteiger partial charge is 0.362 e. The lowest BCUT2D eigenvalue weighted by Crippen LogP contribution is -2.34. The molecule has 0 aliphatic carbocycles. The van der Waals surface area contributed by atoms with Gasteiger partial charge < -0.3 is 9.80 Å². The van der Waals surface area contributed by atoms with Crippen LogP contribution in [0.25, 0.3) is 0 Å². The summed E-state index contributed by atoms with van der Waals surface area (Å²) in [6.45, 7) is 3.44. The van der Waals surface area contributed by atoms with Crippen molar-refractivity contribution in [1.82, 2.24) is 4.90 Å². The van der Waals surface area contributed by atoms with Crippen molar-refractivity contribution < 1.29 is 9.59 Å². The number of benzene rings is 1. The van der Waals surface area contributed by atoms with Crippen LogP contribution in [-0.4, -0.2) is 43.3 Å². The molecule has 1 heterocycles. The van der Waals surface area contributed by atoms with E-state index in [1.165, 1.54) is 0 Å². The molecular formula is C14H17BrN2O2. The van der Waals surface area contributed by atoms with Gasteiger partial charge in [0.25, 0.3) is 0 Å². The summed E-state index contributed by atoms with van der Waals surface area (Å²) in [6, 6.07) is 5.62. The molecule has 1 aromatic carbocycles. The predicted molar refractivity (Wildman–Crippen MR) is 78.6 cm³/mol. The van der Waals surface area contributed by atoms with E-state index in [9.17, 15) is 9.59 Å². The average molecular weight is 325 g/mol. The van der Waals surface area contributed by atoms with E-state index in [0.717, 1.165) is 29.7 Å². The molecule has 1 fully saturated rings. The van der Waals surface area contributed by atoms with Crippen molar-refractivity contribution in [3.63, 3.8) is 0 Å². The van der Waals surface area contributed by atoms with Crippen LogP contribution >= 0.6 is 15.9 Å². The fourth-order valence-electron chi connectivity index (χ4n) is 2.26. The number of carbonyl (C=O) groups is 2. The Morgan fingerprint density at radius 1 is 1.32 bits per heavy atom. The number of hydrogen-bond donors (Lipinski definition) is 0. The summed E-state index contributed by atoms with van der Waals surface area (Å²) in [5, 5.41) is 0. The van der Waals surface area contributed by atoms with Gasteiger partial charge in [-0.2, -0.15) is 0 Å². The van der Waals surface area contributed by atoms with Gasteiger partial charge in [0.15, 0.2) is 5.78 Å². The Bertz CT molecular complexity index is 516. The van der Waals surface area contributed by atoms with Gasteiger partial charge in [0.2, 0.25) is 5.91 Å². The van der Waals surface area contributed by atoms with Crippen LogP contribution in [0.3, 0.4) is 0 Å². The van der Waals surface area contributed by atoms with Crippen LogP contribution in [0, 0.1) is 0 Å². The zero-order valence-corrected chi connectivity index (χ0v) is 12.7. The average Bonchev–Trinajstić information content (AvgIpc) is 2.52. The lowest BCUT2D eigenvalue weighted by atomic mass is 10.1. The van der Waals surface area contributed by atoms with E-state index in [1.807, 2.05) is 30.1 Å². The molecule has 1 saturated heterocycles. The highest BCUT2D eigenvalue weighted by atomic mass is 79.9. The van der Waals surface area contributed by atoms with Crippen LogP contribution in [0.4, 0.5) is 5.69 Å². The number of amides is 1. The van der Waals surface area contributed by atoms with E-state index in [0.29, 0.717) is 12.1 Å². The molecule has 1 amide bonds. The molecule has 0 aromatic heterocycles. The Labute approximate surface area is 121 Å². The van der Waals surface area contributed by atoms with Crippen LogP contribution in [0.1, 0.15) is 23.7 Å². The maximum atomic E-state index is 11.9. The molecule has 1 aliphatic heterocycles. The third kappa shape index (κ3) is 3.15. The number of ketones is 1. The molecule has 1 aromatic rings. The van der Waals surface area contributed by atoms with Gasteiger partial charge >= 0.3 is 0 Å². The van der Waals surface area contributed by atoms with Crippen molar-refractivity contribution in [3.8, 4) is 0 Å². The number of nitrogens with zero attached hydrogens (tertiary/aromatic N) is 2. The van der Waals surface area contributed by atoms with Gasteiger partial charge in [0.05, 0.1) is 6.54 Å². The molecule has 2 rings (SSSR count). The van der Waals surface area contributed by atoms with Crippen LogP contribution in [0.2, 0.25) is 0 Å². The molecule has 5 heteroatoms. The Morgan fingerprint density at radius 3 is 2.74 bits per heavy atom. The van der Waals surface area contributed by atoms with Gasteiger partial charge in [0, 0.05) is 35.9 Å². The van der Waals surface area contributed by atoms with Crippen molar-refractivity contribution in [2.75, 3.05) is 31.6 Å². The van der Waals surface area contributed by atoms with Crippen molar-refractivity contribution in [3.05, 3.63) is 28.2 Å². The molecule has 1 aliphatic rings. The van der Waals surface area contributed by atoms with Crippen LogP contribution in [0.5, 0.6) is 0 Å². The molecule has 0 N–H and O–H groups in total. The first-order valence-electron chi connectivity index (χ1n) is 6.28. The highest BCUT2D eigenvalue weighted by molar-refractivity contribution is 9.10. The number of hydrogen-bond acceptors (Lipinski definition) is 3. The minimum atomic E-state index is 0.0151. The van der Waals surface area contributed by atoms with E-state index < -0.39 is 0 Å². The van der Waals surface area contributed by atoms with Gasteiger partial charge in [-0.05, 0) is 31.5 Å². The summed E-state index contributed by atoms with van der Waals surface area (Å²) in [5.41, 5.74) is 1.51. The standard InChI is InChI=1S/C14H17BrN2O2/c1-10(18)12-8-11(15)4-5-13(12)17-7-3-6-16(2)14(19)9-17/h4-5,8H,3,6-7,9H2,1-2H3. The Morgan fingerprint density at radius 2 is 2.05 bits per heavy atom.